The van der Waals surface area contributed by atoms with Gasteiger partial charge in [0, 0.05) is 50.5 Å². The second kappa shape index (κ2) is 9.71. The molecule has 2 aliphatic heterocycles. The van der Waals surface area contributed by atoms with Crippen LogP contribution < -0.4 is 5.73 Å². The minimum atomic E-state index is 0. The van der Waals surface area contributed by atoms with Gasteiger partial charge in [0.25, 0.3) is 0 Å². The van der Waals surface area contributed by atoms with Gasteiger partial charge in [-0.2, -0.15) is 11.8 Å². The molecule has 1 aromatic rings. The molecule has 0 unspecified atom stereocenters. The summed E-state index contributed by atoms with van der Waals surface area (Å²) < 4.78 is 2.32. The highest BCUT2D eigenvalue weighted by molar-refractivity contribution is 14.0. The summed E-state index contributed by atoms with van der Waals surface area (Å²) in [7, 11) is 0. The summed E-state index contributed by atoms with van der Waals surface area (Å²) >= 11 is 1.99. The molecule has 0 saturated carbocycles. The first-order valence-electron chi connectivity index (χ1n) is 8.38. The fraction of sp³-hybridized carbons (Fsp3) is 0.800. The van der Waals surface area contributed by atoms with Crippen LogP contribution >= 0.6 is 35.7 Å². The maximum absolute atomic E-state index is 6.07. The Balaban J connectivity index is 0.00000192. The molecule has 0 radical (unpaired) electrons. The predicted molar refractivity (Wildman–Crippen MR) is 107 cm³/mol. The summed E-state index contributed by atoms with van der Waals surface area (Å²) in [6.07, 6.45) is 6.80. The molecular weight excluding hydrogens is 423 g/mol. The van der Waals surface area contributed by atoms with Gasteiger partial charge in [-0.1, -0.05) is 6.42 Å². The van der Waals surface area contributed by atoms with Crippen LogP contribution in [0, 0.1) is 0 Å². The highest BCUT2D eigenvalue weighted by Crippen LogP contribution is 2.15. The number of aryl methyl sites for hydroxylation is 2. The molecule has 0 atom stereocenters. The maximum Gasteiger partial charge on any atom is 0.191 e. The maximum atomic E-state index is 6.07. The Hall–Kier alpha value is -0.510. The topological polar surface area (TPSA) is 72.3 Å². The average molecular weight is 450 g/mol. The number of nitrogens with two attached hydrogens (primary N) is 1. The van der Waals surface area contributed by atoms with Crippen molar-refractivity contribution in [1.82, 2.24) is 19.7 Å². The SMILES string of the molecule is I.NC(=NCCCc1nnc2n1CCCCC2)N1CCSCC1. The highest BCUT2D eigenvalue weighted by Gasteiger charge is 2.14. The van der Waals surface area contributed by atoms with Crippen molar-refractivity contribution >= 4 is 41.7 Å². The van der Waals surface area contributed by atoms with Crippen LogP contribution in [-0.2, 0) is 19.4 Å². The van der Waals surface area contributed by atoms with Crippen LogP contribution in [0.2, 0.25) is 0 Å². The van der Waals surface area contributed by atoms with Crippen molar-refractivity contribution in [2.75, 3.05) is 31.1 Å². The first kappa shape index (κ1) is 18.8. The van der Waals surface area contributed by atoms with E-state index in [1.807, 2.05) is 11.8 Å². The lowest BCUT2D eigenvalue weighted by molar-refractivity contribution is 0.455. The van der Waals surface area contributed by atoms with Crippen molar-refractivity contribution in [1.29, 1.82) is 0 Å². The second-order valence-corrected chi connectivity index (χ2v) is 7.16. The molecule has 2 N–H and O–H groups in total. The Morgan fingerprint density at radius 1 is 1.13 bits per heavy atom. The van der Waals surface area contributed by atoms with E-state index in [2.05, 4.69) is 24.7 Å². The van der Waals surface area contributed by atoms with Crippen LogP contribution in [0.3, 0.4) is 0 Å². The van der Waals surface area contributed by atoms with E-state index in [4.69, 9.17) is 5.73 Å². The highest BCUT2D eigenvalue weighted by atomic mass is 127. The van der Waals surface area contributed by atoms with E-state index in [1.165, 1.54) is 25.1 Å². The molecule has 23 heavy (non-hydrogen) atoms. The molecule has 8 heteroatoms. The lowest BCUT2D eigenvalue weighted by atomic mass is 10.2. The largest absolute Gasteiger partial charge is 0.370 e. The van der Waals surface area contributed by atoms with Crippen LogP contribution in [0.5, 0.6) is 0 Å². The number of hydrogen-bond acceptors (Lipinski definition) is 4. The van der Waals surface area contributed by atoms with Gasteiger partial charge in [0.05, 0.1) is 0 Å². The smallest absolute Gasteiger partial charge is 0.191 e. The minimum Gasteiger partial charge on any atom is -0.370 e. The van der Waals surface area contributed by atoms with Gasteiger partial charge in [-0.25, -0.2) is 0 Å². The van der Waals surface area contributed by atoms with Gasteiger partial charge in [-0.05, 0) is 19.3 Å². The molecule has 0 amide bonds. The van der Waals surface area contributed by atoms with Gasteiger partial charge in [0.1, 0.15) is 11.6 Å². The summed E-state index contributed by atoms with van der Waals surface area (Å²) in [5.74, 6) is 5.31. The summed E-state index contributed by atoms with van der Waals surface area (Å²) in [4.78, 5) is 6.73. The minimum absolute atomic E-state index is 0. The fourth-order valence-electron chi connectivity index (χ4n) is 3.05. The Kier molecular flexibility index (Phi) is 7.94. The van der Waals surface area contributed by atoms with Gasteiger partial charge in [0.2, 0.25) is 0 Å². The van der Waals surface area contributed by atoms with Crippen molar-refractivity contribution in [3.8, 4) is 0 Å². The van der Waals surface area contributed by atoms with Gasteiger partial charge < -0.3 is 15.2 Å². The number of rotatable bonds is 4. The van der Waals surface area contributed by atoms with E-state index >= 15 is 0 Å². The van der Waals surface area contributed by atoms with E-state index in [9.17, 15) is 0 Å². The Morgan fingerprint density at radius 2 is 1.96 bits per heavy atom. The summed E-state index contributed by atoms with van der Waals surface area (Å²) in [5, 5.41) is 8.71. The number of aromatic nitrogens is 3. The molecule has 1 saturated heterocycles. The summed E-state index contributed by atoms with van der Waals surface area (Å²) in [6.45, 7) is 3.90. The van der Waals surface area contributed by atoms with Crippen molar-refractivity contribution in [3.63, 3.8) is 0 Å². The molecule has 0 aliphatic carbocycles. The zero-order valence-corrected chi connectivity index (χ0v) is 16.8. The van der Waals surface area contributed by atoms with Crippen LogP contribution in [0.1, 0.15) is 37.3 Å². The lowest BCUT2D eigenvalue weighted by Crippen LogP contribution is -2.42. The van der Waals surface area contributed by atoms with Gasteiger partial charge in [0.15, 0.2) is 5.96 Å². The monoisotopic (exact) mass is 450 g/mol. The molecule has 2 aliphatic rings. The van der Waals surface area contributed by atoms with E-state index in [-0.39, 0.29) is 24.0 Å². The zero-order valence-electron chi connectivity index (χ0n) is 13.6. The number of thioether (sulfide) groups is 1. The zero-order chi connectivity index (χ0) is 15.2. The number of guanidine groups is 1. The number of nitrogens with zero attached hydrogens (tertiary/aromatic N) is 5. The number of fused-ring (bicyclic) bond motifs is 1. The van der Waals surface area contributed by atoms with Crippen LogP contribution in [0.25, 0.3) is 0 Å². The van der Waals surface area contributed by atoms with Crippen molar-refractivity contribution in [3.05, 3.63) is 11.6 Å². The average Bonchev–Trinajstić information content (AvgIpc) is 2.79. The molecule has 3 heterocycles. The Labute approximate surface area is 159 Å². The molecule has 1 fully saturated rings. The Morgan fingerprint density at radius 3 is 2.78 bits per heavy atom. The van der Waals surface area contributed by atoms with Crippen LogP contribution in [0.15, 0.2) is 4.99 Å². The number of aliphatic imine (C=N–C) groups is 1. The molecule has 0 bridgehead atoms. The van der Waals surface area contributed by atoms with Crippen LogP contribution in [0.4, 0.5) is 0 Å². The lowest BCUT2D eigenvalue weighted by Gasteiger charge is -2.27. The first-order chi connectivity index (χ1) is 10.8. The Bertz CT molecular complexity index is 512. The quantitative estimate of drug-likeness (QED) is 0.329. The summed E-state index contributed by atoms with van der Waals surface area (Å²) in [5.41, 5.74) is 6.07. The van der Waals surface area contributed by atoms with E-state index in [1.54, 1.807) is 0 Å². The molecule has 0 aromatic carbocycles. The van der Waals surface area contributed by atoms with Gasteiger partial charge in [-0.3, -0.25) is 4.99 Å². The normalized spacial score (nSPS) is 19.0. The molecule has 6 nitrogen and oxygen atoms in total. The molecule has 1 aromatic heterocycles. The first-order valence-corrected chi connectivity index (χ1v) is 9.53. The van der Waals surface area contributed by atoms with Gasteiger partial charge in [-0.15, -0.1) is 34.2 Å². The predicted octanol–water partition coefficient (Wildman–Crippen LogP) is 1.92. The fourth-order valence-corrected chi connectivity index (χ4v) is 3.96. The third-order valence-electron chi connectivity index (χ3n) is 4.35. The van der Waals surface area contributed by atoms with Crippen molar-refractivity contribution in [2.24, 2.45) is 10.7 Å². The number of hydrogen-bond donors (Lipinski definition) is 1. The third-order valence-corrected chi connectivity index (χ3v) is 5.30. The molecule has 130 valence electrons. The molecule has 3 rings (SSSR count). The van der Waals surface area contributed by atoms with E-state index in [0.29, 0.717) is 5.96 Å². The summed E-state index contributed by atoms with van der Waals surface area (Å²) in [6, 6.07) is 0. The van der Waals surface area contributed by atoms with E-state index < -0.39 is 0 Å². The third kappa shape index (κ3) is 5.23. The molecule has 0 spiro atoms. The second-order valence-electron chi connectivity index (χ2n) is 5.94. The van der Waals surface area contributed by atoms with Crippen molar-refractivity contribution < 1.29 is 0 Å². The molecular formula is C15H27IN6S. The number of halogens is 1. The van der Waals surface area contributed by atoms with Crippen molar-refractivity contribution in [2.45, 2.75) is 45.1 Å². The van der Waals surface area contributed by atoms with Gasteiger partial charge >= 0.3 is 0 Å². The standard InChI is InChI=1S/C15H26N6S.HI/c16-15(20-9-11-22-12-10-20)17-7-4-6-14-19-18-13-5-2-1-3-8-21(13)14;/h1-12H2,(H2,16,17);1H. The van der Waals surface area contributed by atoms with E-state index in [0.717, 1.165) is 62.8 Å². The van der Waals surface area contributed by atoms with Crippen LogP contribution in [-0.4, -0.2) is 56.8 Å².